The van der Waals surface area contributed by atoms with Crippen LogP contribution >= 0.6 is 0 Å². The molecule has 0 saturated heterocycles. The van der Waals surface area contributed by atoms with Gasteiger partial charge in [0, 0.05) is 11.8 Å². The second-order valence-corrected chi connectivity index (χ2v) is 6.88. The number of anilines is 1. The number of hydrogen-bond donors (Lipinski definition) is 1. The third-order valence-corrected chi connectivity index (χ3v) is 4.74. The van der Waals surface area contributed by atoms with Crippen LogP contribution < -0.4 is 24.3 Å². The third kappa shape index (κ3) is 6.05. The maximum atomic E-state index is 12.7. The van der Waals surface area contributed by atoms with Crippen LogP contribution in [0, 0.1) is 11.3 Å². The van der Waals surface area contributed by atoms with E-state index in [4.69, 9.17) is 18.9 Å². The SMILES string of the molecule is COc1ccc(NC(=O)/C(C#N)=C/c2ccc(OC)c(OCc3ccccc3)c2)cc1OC. The van der Waals surface area contributed by atoms with Gasteiger partial charge in [0.2, 0.25) is 0 Å². The minimum atomic E-state index is -0.549. The monoisotopic (exact) mass is 444 g/mol. The maximum Gasteiger partial charge on any atom is 0.266 e. The summed E-state index contributed by atoms with van der Waals surface area (Å²) in [5, 5.41) is 12.3. The number of methoxy groups -OCH3 is 3. The van der Waals surface area contributed by atoms with Crippen molar-refractivity contribution in [3.05, 3.63) is 83.4 Å². The first-order chi connectivity index (χ1) is 16.1. The van der Waals surface area contributed by atoms with Gasteiger partial charge in [-0.25, -0.2) is 0 Å². The number of nitrogens with zero attached hydrogens (tertiary/aromatic N) is 1. The molecule has 1 N–H and O–H groups in total. The standard InChI is InChI=1S/C26H24N2O5/c1-30-22-12-10-21(15-24(22)32-3)28-26(29)20(16-27)13-19-9-11-23(31-2)25(14-19)33-17-18-7-5-4-6-8-18/h4-15H,17H2,1-3H3,(H,28,29)/b20-13+. The molecule has 0 heterocycles. The van der Waals surface area contributed by atoms with Crippen LogP contribution in [0.3, 0.4) is 0 Å². The predicted molar refractivity (Wildman–Crippen MR) is 126 cm³/mol. The summed E-state index contributed by atoms with van der Waals surface area (Å²) in [6.45, 7) is 0.356. The van der Waals surface area contributed by atoms with Crippen molar-refractivity contribution in [1.29, 1.82) is 5.26 Å². The van der Waals surface area contributed by atoms with Gasteiger partial charge in [-0.2, -0.15) is 5.26 Å². The molecule has 0 bridgehead atoms. The van der Waals surface area contributed by atoms with Crippen LogP contribution in [0.1, 0.15) is 11.1 Å². The lowest BCUT2D eigenvalue weighted by Gasteiger charge is -2.12. The molecular weight excluding hydrogens is 420 g/mol. The van der Waals surface area contributed by atoms with Gasteiger partial charge in [0.05, 0.1) is 21.3 Å². The van der Waals surface area contributed by atoms with Crippen LogP contribution in [-0.2, 0) is 11.4 Å². The number of ether oxygens (including phenoxy) is 4. The molecule has 7 heteroatoms. The normalized spacial score (nSPS) is 10.7. The average Bonchev–Trinajstić information content (AvgIpc) is 2.86. The third-order valence-electron chi connectivity index (χ3n) is 4.74. The van der Waals surface area contributed by atoms with Crippen LogP contribution in [0.2, 0.25) is 0 Å². The molecule has 0 atom stereocenters. The van der Waals surface area contributed by atoms with Crippen molar-refractivity contribution in [2.24, 2.45) is 0 Å². The Kier molecular flexibility index (Phi) is 7.92. The Labute approximate surface area is 192 Å². The van der Waals surface area contributed by atoms with E-state index in [0.717, 1.165) is 5.56 Å². The summed E-state index contributed by atoms with van der Waals surface area (Å²) >= 11 is 0. The largest absolute Gasteiger partial charge is 0.493 e. The van der Waals surface area contributed by atoms with Gasteiger partial charge in [0.25, 0.3) is 5.91 Å². The first kappa shape index (κ1) is 23.2. The average molecular weight is 444 g/mol. The number of rotatable bonds is 9. The Balaban J connectivity index is 1.79. The van der Waals surface area contributed by atoms with Gasteiger partial charge in [-0.05, 0) is 41.5 Å². The zero-order valence-corrected chi connectivity index (χ0v) is 18.6. The van der Waals surface area contributed by atoms with Crippen molar-refractivity contribution in [2.45, 2.75) is 6.61 Å². The van der Waals surface area contributed by atoms with E-state index in [2.05, 4.69) is 5.32 Å². The molecule has 168 valence electrons. The van der Waals surface area contributed by atoms with Crippen molar-refractivity contribution >= 4 is 17.7 Å². The van der Waals surface area contributed by atoms with Crippen LogP contribution in [0.15, 0.2) is 72.3 Å². The molecule has 0 fully saturated rings. The summed E-state index contributed by atoms with van der Waals surface area (Å²) in [4.78, 5) is 12.7. The number of carbonyl (C=O) groups is 1. The van der Waals surface area contributed by atoms with Crippen molar-refractivity contribution in [3.63, 3.8) is 0 Å². The summed E-state index contributed by atoms with van der Waals surface area (Å²) < 4.78 is 21.7. The van der Waals surface area contributed by atoms with Crippen LogP contribution in [0.5, 0.6) is 23.0 Å². The van der Waals surface area contributed by atoms with Gasteiger partial charge in [-0.3, -0.25) is 4.79 Å². The molecule has 3 rings (SSSR count). The molecular formula is C26H24N2O5. The predicted octanol–water partition coefficient (Wildman–Crippen LogP) is 4.84. The van der Waals surface area contributed by atoms with Crippen molar-refractivity contribution in [1.82, 2.24) is 0 Å². The Hall–Kier alpha value is -4.44. The number of amides is 1. The lowest BCUT2D eigenvalue weighted by Crippen LogP contribution is -2.13. The Morgan fingerprint density at radius 2 is 1.55 bits per heavy atom. The van der Waals surface area contributed by atoms with E-state index < -0.39 is 5.91 Å². The number of carbonyl (C=O) groups excluding carboxylic acids is 1. The summed E-state index contributed by atoms with van der Waals surface area (Å²) in [6, 6.07) is 21.8. The van der Waals surface area contributed by atoms with E-state index in [1.807, 2.05) is 36.4 Å². The molecule has 3 aromatic carbocycles. The van der Waals surface area contributed by atoms with E-state index in [1.165, 1.54) is 20.3 Å². The highest BCUT2D eigenvalue weighted by Crippen LogP contribution is 2.31. The zero-order valence-electron chi connectivity index (χ0n) is 18.6. The van der Waals surface area contributed by atoms with Gasteiger partial charge in [-0.15, -0.1) is 0 Å². The highest BCUT2D eigenvalue weighted by atomic mass is 16.5. The quantitative estimate of drug-likeness (QED) is 0.375. The fourth-order valence-corrected chi connectivity index (χ4v) is 3.06. The summed E-state index contributed by atoms with van der Waals surface area (Å²) in [6.07, 6.45) is 1.49. The molecule has 1 amide bonds. The second kappa shape index (κ2) is 11.3. The Morgan fingerprint density at radius 3 is 2.21 bits per heavy atom. The first-order valence-electron chi connectivity index (χ1n) is 10.1. The van der Waals surface area contributed by atoms with Crippen molar-refractivity contribution < 1.29 is 23.7 Å². The van der Waals surface area contributed by atoms with Gasteiger partial charge in [0.1, 0.15) is 18.2 Å². The smallest absolute Gasteiger partial charge is 0.266 e. The maximum absolute atomic E-state index is 12.7. The van der Waals surface area contributed by atoms with E-state index in [-0.39, 0.29) is 5.57 Å². The summed E-state index contributed by atoms with van der Waals surface area (Å²) in [5.74, 6) is 1.51. The lowest BCUT2D eigenvalue weighted by molar-refractivity contribution is -0.112. The van der Waals surface area contributed by atoms with Crippen molar-refractivity contribution in [3.8, 4) is 29.1 Å². The van der Waals surface area contributed by atoms with E-state index in [0.29, 0.717) is 40.9 Å². The highest BCUT2D eigenvalue weighted by molar-refractivity contribution is 6.09. The van der Waals surface area contributed by atoms with E-state index in [9.17, 15) is 10.1 Å². The Morgan fingerprint density at radius 1 is 0.879 bits per heavy atom. The number of benzene rings is 3. The van der Waals surface area contributed by atoms with Gasteiger partial charge < -0.3 is 24.3 Å². The van der Waals surface area contributed by atoms with Crippen LogP contribution in [0.4, 0.5) is 5.69 Å². The highest BCUT2D eigenvalue weighted by Gasteiger charge is 2.13. The number of nitrogens with one attached hydrogen (secondary N) is 1. The van der Waals surface area contributed by atoms with E-state index >= 15 is 0 Å². The second-order valence-electron chi connectivity index (χ2n) is 6.88. The number of nitriles is 1. The summed E-state index contributed by atoms with van der Waals surface area (Å²) in [7, 11) is 4.59. The van der Waals surface area contributed by atoms with E-state index in [1.54, 1.807) is 43.5 Å². The first-order valence-corrected chi connectivity index (χ1v) is 10.1. The minimum absolute atomic E-state index is 0.0658. The van der Waals surface area contributed by atoms with Crippen molar-refractivity contribution in [2.75, 3.05) is 26.6 Å². The molecule has 0 unspecified atom stereocenters. The van der Waals surface area contributed by atoms with Gasteiger partial charge in [0.15, 0.2) is 23.0 Å². The molecule has 0 aliphatic rings. The fourth-order valence-electron chi connectivity index (χ4n) is 3.06. The number of hydrogen-bond acceptors (Lipinski definition) is 6. The summed E-state index contributed by atoms with van der Waals surface area (Å²) in [5.41, 5.74) is 2.04. The molecule has 3 aromatic rings. The zero-order chi connectivity index (χ0) is 23.6. The molecule has 0 aromatic heterocycles. The molecule has 0 saturated carbocycles. The molecule has 0 aliphatic carbocycles. The topological polar surface area (TPSA) is 89.8 Å². The molecule has 0 spiro atoms. The fraction of sp³-hybridized carbons (Fsp3) is 0.154. The van der Waals surface area contributed by atoms with Gasteiger partial charge >= 0.3 is 0 Å². The van der Waals surface area contributed by atoms with Gasteiger partial charge in [-0.1, -0.05) is 36.4 Å². The molecule has 0 aliphatic heterocycles. The van der Waals surface area contributed by atoms with Crippen LogP contribution in [-0.4, -0.2) is 27.2 Å². The molecule has 33 heavy (non-hydrogen) atoms. The minimum Gasteiger partial charge on any atom is -0.493 e. The molecule has 0 radical (unpaired) electrons. The molecule has 7 nitrogen and oxygen atoms in total. The lowest BCUT2D eigenvalue weighted by atomic mass is 10.1. The Bertz CT molecular complexity index is 1180. The van der Waals surface area contributed by atoms with Crippen LogP contribution in [0.25, 0.3) is 6.08 Å².